The average Bonchev–Trinajstić information content (AvgIpc) is 3.03. The second-order valence-electron chi connectivity index (χ2n) is 11.4. The van der Waals surface area contributed by atoms with E-state index >= 15 is 0 Å². The molecular formula is C28H52N2O15. The lowest BCUT2D eigenvalue weighted by molar-refractivity contribution is -0.301. The molecule has 45 heavy (non-hydrogen) atoms. The van der Waals surface area contributed by atoms with Crippen LogP contribution >= 0.6 is 0 Å². The number of rotatable bonds is 22. The molecule has 2 heterocycles. The van der Waals surface area contributed by atoms with Gasteiger partial charge in [-0.05, 0) is 51.4 Å². The molecule has 11 unspecified atom stereocenters. The highest BCUT2D eigenvalue weighted by Crippen LogP contribution is 2.23. The zero-order valence-corrected chi connectivity index (χ0v) is 25.4. The molecule has 2 aliphatic heterocycles. The SMILES string of the molecule is O=C[C@@H](CCCCNC(=O)CCCCOC1OC(CO)C(O)C(O)C1O)NC(O)CCCCOC1OC(CO)C(O)C(O)C1O. The maximum absolute atomic E-state index is 12.1. The maximum atomic E-state index is 12.1. The van der Waals surface area contributed by atoms with Gasteiger partial charge in [-0.3, -0.25) is 10.1 Å². The number of hydrogen-bond donors (Lipinski definition) is 11. The zero-order chi connectivity index (χ0) is 33.4. The number of carbonyl (C=O) groups excluding carboxylic acids is 2. The summed E-state index contributed by atoms with van der Waals surface area (Å²) in [6.07, 6.45) is -9.35. The molecule has 2 fully saturated rings. The van der Waals surface area contributed by atoms with Crippen LogP contribution in [0, 0.1) is 0 Å². The molecule has 0 aromatic rings. The molecule has 1 amide bonds. The van der Waals surface area contributed by atoms with Crippen LogP contribution in [0.1, 0.15) is 57.8 Å². The van der Waals surface area contributed by atoms with E-state index in [4.69, 9.17) is 18.9 Å². The molecule has 17 nitrogen and oxygen atoms in total. The van der Waals surface area contributed by atoms with Gasteiger partial charge in [0, 0.05) is 26.2 Å². The van der Waals surface area contributed by atoms with Crippen molar-refractivity contribution in [3.05, 3.63) is 0 Å². The topological polar surface area (TPSA) is 277 Å². The molecule has 0 radical (unpaired) electrons. The standard InChI is InChI=1S/C28H52N2O15/c31-13-16(30-20(35)9-3-6-12-43-28-26(41)24(39)22(37)18(15-33)45-28)7-1-4-10-29-19(34)8-2-5-11-42-27-25(40)23(38)21(36)17(14-32)44-27/h13,16-18,20-28,30,32-33,35-41H,1-12,14-15H2,(H,29,34)/t16-,17?,18?,20?,21?,22?,23?,24?,25?,26?,27?,28?/m1/s1. The lowest BCUT2D eigenvalue weighted by Gasteiger charge is -2.39. The summed E-state index contributed by atoms with van der Waals surface area (Å²) in [5.74, 6) is -0.154. The summed E-state index contributed by atoms with van der Waals surface area (Å²) in [4.78, 5) is 23.5. The zero-order valence-electron chi connectivity index (χ0n) is 25.4. The molecule has 0 aromatic carbocycles. The molecule has 0 bridgehead atoms. The fraction of sp³-hybridized carbons (Fsp3) is 0.929. The van der Waals surface area contributed by atoms with E-state index in [1.165, 1.54) is 0 Å². The molecule has 0 aliphatic carbocycles. The first-order chi connectivity index (χ1) is 21.5. The van der Waals surface area contributed by atoms with Crippen molar-refractivity contribution in [3.63, 3.8) is 0 Å². The Morgan fingerprint density at radius 1 is 0.711 bits per heavy atom. The minimum Gasteiger partial charge on any atom is -0.394 e. The number of aldehydes is 1. The highest BCUT2D eigenvalue weighted by atomic mass is 16.7. The van der Waals surface area contributed by atoms with Crippen LogP contribution in [0.5, 0.6) is 0 Å². The van der Waals surface area contributed by atoms with E-state index in [0.717, 1.165) is 6.29 Å². The van der Waals surface area contributed by atoms with Crippen LogP contribution in [0.25, 0.3) is 0 Å². The number of nitrogens with one attached hydrogen (secondary N) is 2. The molecule has 2 rings (SSSR count). The number of aliphatic hydroxyl groups excluding tert-OH is 9. The molecule has 12 atom stereocenters. The number of ether oxygens (including phenoxy) is 4. The molecule has 2 saturated heterocycles. The van der Waals surface area contributed by atoms with E-state index in [0.29, 0.717) is 57.9 Å². The molecule has 17 heteroatoms. The average molecular weight is 657 g/mol. The Hall–Kier alpha value is -1.42. The molecule has 0 aromatic heterocycles. The van der Waals surface area contributed by atoms with Crippen molar-refractivity contribution >= 4 is 12.2 Å². The third-order valence-electron chi connectivity index (χ3n) is 7.77. The van der Waals surface area contributed by atoms with Gasteiger partial charge in [-0.25, -0.2) is 0 Å². The quantitative estimate of drug-likeness (QED) is 0.0299. The number of carbonyl (C=O) groups is 2. The monoisotopic (exact) mass is 656 g/mol. The van der Waals surface area contributed by atoms with Gasteiger partial charge in [0.15, 0.2) is 12.6 Å². The van der Waals surface area contributed by atoms with Gasteiger partial charge in [-0.1, -0.05) is 0 Å². The fourth-order valence-electron chi connectivity index (χ4n) is 4.96. The third-order valence-corrected chi connectivity index (χ3v) is 7.77. The van der Waals surface area contributed by atoms with E-state index in [1.54, 1.807) is 0 Å². The van der Waals surface area contributed by atoms with Crippen LogP contribution in [0.4, 0.5) is 0 Å². The highest BCUT2D eigenvalue weighted by molar-refractivity contribution is 5.75. The first kappa shape index (κ1) is 39.8. The molecule has 264 valence electrons. The van der Waals surface area contributed by atoms with Gasteiger partial charge in [0.1, 0.15) is 61.3 Å². The normalized spacial score (nSPS) is 33.4. The van der Waals surface area contributed by atoms with Crippen LogP contribution in [-0.2, 0) is 28.5 Å². The Morgan fingerprint density at radius 3 is 1.73 bits per heavy atom. The van der Waals surface area contributed by atoms with Gasteiger partial charge in [0.25, 0.3) is 0 Å². The summed E-state index contributed by atoms with van der Waals surface area (Å²) < 4.78 is 21.3. The summed E-state index contributed by atoms with van der Waals surface area (Å²) in [7, 11) is 0. The number of unbranched alkanes of at least 4 members (excludes halogenated alkanes) is 3. The van der Waals surface area contributed by atoms with Crippen molar-refractivity contribution < 1.29 is 74.5 Å². The van der Waals surface area contributed by atoms with E-state index in [2.05, 4.69) is 10.6 Å². The fourth-order valence-corrected chi connectivity index (χ4v) is 4.96. The van der Waals surface area contributed by atoms with Crippen LogP contribution in [0.15, 0.2) is 0 Å². The minimum absolute atomic E-state index is 0.133. The number of amides is 1. The Bertz CT molecular complexity index is 825. The van der Waals surface area contributed by atoms with Gasteiger partial charge < -0.3 is 75.0 Å². The molecule has 0 saturated carbocycles. The van der Waals surface area contributed by atoms with Crippen molar-refractivity contribution in [2.24, 2.45) is 0 Å². The van der Waals surface area contributed by atoms with Crippen LogP contribution in [0.2, 0.25) is 0 Å². The van der Waals surface area contributed by atoms with Crippen LogP contribution < -0.4 is 10.6 Å². The van der Waals surface area contributed by atoms with Gasteiger partial charge in [0.2, 0.25) is 5.91 Å². The summed E-state index contributed by atoms with van der Waals surface area (Å²) in [5.41, 5.74) is 0. The first-order valence-corrected chi connectivity index (χ1v) is 15.5. The second kappa shape index (κ2) is 21.5. The molecular weight excluding hydrogens is 604 g/mol. The summed E-state index contributed by atoms with van der Waals surface area (Å²) in [5, 5.41) is 93.3. The van der Waals surface area contributed by atoms with Crippen LogP contribution in [0.3, 0.4) is 0 Å². The van der Waals surface area contributed by atoms with E-state index in [1.807, 2.05) is 0 Å². The predicted molar refractivity (Wildman–Crippen MR) is 153 cm³/mol. The largest absolute Gasteiger partial charge is 0.394 e. The second-order valence-corrected chi connectivity index (χ2v) is 11.4. The highest BCUT2D eigenvalue weighted by Gasteiger charge is 2.45. The number of hydrogen-bond acceptors (Lipinski definition) is 16. The molecule has 0 spiro atoms. The van der Waals surface area contributed by atoms with Gasteiger partial charge in [-0.2, -0.15) is 0 Å². The van der Waals surface area contributed by atoms with E-state index < -0.39 is 86.9 Å². The first-order valence-electron chi connectivity index (χ1n) is 15.5. The maximum Gasteiger partial charge on any atom is 0.219 e. The smallest absolute Gasteiger partial charge is 0.219 e. The van der Waals surface area contributed by atoms with E-state index in [9.17, 15) is 55.5 Å². The van der Waals surface area contributed by atoms with Crippen molar-refractivity contribution in [1.29, 1.82) is 0 Å². The third kappa shape index (κ3) is 13.3. The Morgan fingerprint density at radius 2 is 1.22 bits per heavy atom. The Kier molecular flexibility index (Phi) is 19.0. The van der Waals surface area contributed by atoms with Crippen molar-refractivity contribution in [3.8, 4) is 0 Å². The van der Waals surface area contributed by atoms with Crippen molar-refractivity contribution in [2.75, 3.05) is 33.0 Å². The molecule has 11 N–H and O–H groups in total. The summed E-state index contributed by atoms with van der Waals surface area (Å²) in [6, 6.07) is -0.565. The number of aliphatic hydroxyl groups is 9. The summed E-state index contributed by atoms with van der Waals surface area (Å²) in [6.45, 7) is -0.404. The lowest BCUT2D eigenvalue weighted by atomic mass is 9.99. The van der Waals surface area contributed by atoms with Crippen molar-refractivity contribution in [1.82, 2.24) is 10.6 Å². The minimum atomic E-state index is -1.52. The van der Waals surface area contributed by atoms with E-state index in [-0.39, 0.29) is 25.5 Å². The van der Waals surface area contributed by atoms with Gasteiger partial charge in [0.05, 0.1) is 19.3 Å². The lowest BCUT2D eigenvalue weighted by Crippen LogP contribution is -2.59. The van der Waals surface area contributed by atoms with Gasteiger partial charge in [-0.15, -0.1) is 0 Å². The van der Waals surface area contributed by atoms with Crippen LogP contribution in [-0.4, -0.2) is 165 Å². The Labute approximate surface area is 262 Å². The van der Waals surface area contributed by atoms with Crippen molar-refractivity contribution in [2.45, 2.75) is 131 Å². The predicted octanol–water partition coefficient (Wildman–Crippen LogP) is -4.28. The Balaban J connectivity index is 1.48. The molecule has 2 aliphatic rings. The summed E-state index contributed by atoms with van der Waals surface area (Å²) >= 11 is 0. The van der Waals surface area contributed by atoms with Gasteiger partial charge >= 0.3 is 0 Å².